The van der Waals surface area contributed by atoms with Crippen molar-refractivity contribution < 1.29 is 25.8 Å². The van der Waals surface area contributed by atoms with Gasteiger partial charge in [0.1, 0.15) is 0 Å². The van der Waals surface area contributed by atoms with E-state index in [4.69, 9.17) is 0 Å². The van der Waals surface area contributed by atoms with Gasteiger partial charge in [-0.25, -0.2) is 4.39 Å². The molecule has 1 aromatic carbocycles. The van der Waals surface area contributed by atoms with Crippen molar-refractivity contribution in [2.24, 2.45) is 0 Å². The summed E-state index contributed by atoms with van der Waals surface area (Å²) in [6.45, 7) is 0. The van der Waals surface area contributed by atoms with E-state index in [0.29, 0.717) is 0 Å². The van der Waals surface area contributed by atoms with E-state index in [-0.39, 0.29) is 0 Å². The van der Waals surface area contributed by atoms with Crippen LogP contribution in [0.25, 0.3) is 0 Å². The molecule has 0 atom stereocenters. The number of halogens is 2. The molecule has 1 rings (SSSR count). The lowest BCUT2D eigenvalue weighted by molar-refractivity contribution is -0.104. The fourth-order valence-electron chi connectivity index (χ4n) is 0.601. The first-order valence-electron chi connectivity index (χ1n) is 3.21. The zero-order valence-corrected chi connectivity index (χ0v) is 8.09. The summed E-state index contributed by atoms with van der Waals surface area (Å²) >= 11 is 4.51. The van der Waals surface area contributed by atoms with Crippen LogP contribution in [-0.2, 0) is 18.5 Å². The summed E-state index contributed by atoms with van der Waals surface area (Å²) in [5, 5.41) is 0. The van der Waals surface area contributed by atoms with Crippen molar-refractivity contribution in [2.45, 2.75) is 0 Å². The van der Waals surface area contributed by atoms with Crippen LogP contribution in [0.4, 0.5) is 4.39 Å². The SMILES string of the molecule is O=S(=O)(OCl)OOc1ccccc1F. The van der Waals surface area contributed by atoms with Gasteiger partial charge in [-0.3, -0.25) is 0 Å². The van der Waals surface area contributed by atoms with E-state index in [2.05, 4.69) is 24.8 Å². The monoisotopic (exact) mass is 242 g/mol. The molecule has 0 aliphatic rings. The Hall–Kier alpha value is -0.890. The first-order chi connectivity index (χ1) is 6.55. The standard InChI is InChI=1S/C6H4ClFO5S/c7-12-14(9,10)13-11-6-4-2-1-3-5(6)8/h1-4H. The van der Waals surface area contributed by atoms with Crippen molar-refractivity contribution in [2.75, 3.05) is 0 Å². The number of rotatable bonds is 4. The highest BCUT2D eigenvalue weighted by Gasteiger charge is 2.14. The Morgan fingerprint density at radius 1 is 1.29 bits per heavy atom. The zero-order chi connectivity index (χ0) is 10.6. The van der Waals surface area contributed by atoms with Gasteiger partial charge in [-0.15, -0.1) is 3.74 Å². The molecule has 0 radical (unpaired) electrons. The summed E-state index contributed by atoms with van der Waals surface area (Å²) in [5.41, 5.74) is 0. The van der Waals surface area contributed by atoms with Gasteiger partial charge in [-0.1, -0.05) is 12.1 Å². The van der Waals surface area contributed by atoms with Gasteiger partial charge in [-0.2, -0.15) is 8.42 Å². The smallest absolute Gasteiger partial charge is 0.316 e. The molecule has 0 bridgehead atoms. The highest BCUT2D eigenvalue weighted by Crippen LogP contribution is 2.16. The lowest BCUT2D eigenvalue weighted by Gasteiger charge is -2.02. The van der Waals surface area contributed by atoms with E-state index in [1.165, 1.54) is 18.2 Å². The highest BCUT2D eigenvalue weighted by atomic mass is 35.5. The minimum Gasteiger partial charge on any atom is -0.316 e. The van der Waals surface area contributed by atoms with Gasteiger partial charge in [-0.05, 0) is 16.5 Å². The average molecular weight is 243 g/mol. The van der Waals surface area contributed by atoms with Gasteiger partial charge < -0.3 is 4.89 Å². The van der Waals surface area contributed by atoms with Crippen molar-refractivity contribution in [3.8, 4) is 5.75 Å². The van der Waals surface area contributed by atoms with Crippen LogP contribution in [0.3, 0.4) is 0 Å². The lowest BCUT2D eigenvalue weighted by atomic mass is 10.3. The molecule has 0 aliphatic carbocycles. The molecule has 0 unspecified atom stereocenters. The summed E-state index contributed by atoms with van der Waals surface area (Å²) in [7, 11) is -4.46. The van der Waals surface area contributed by atoms with Crippen molar-refractivity contribution in [1.82, 2.24) is 0 Å². The van der Waals surface area contributed by atoms with Crippen LogP contribution in [-0.4, -0.2) is 8.42 Å². The highest BCUT2D eigenvalue weighted by molar-refractivity contribution is 7.82. The van der Waals surface area contributed by atoms with E-state index in [9.17, 15) is 12.8 Å². The predicted octanol–water partition coefficient (Wildman–Crippen LogP) is 1.55. The summed E-state index contributed by atoms with van der Waals surface area (Å²) in [6, 6.07) is 5.05. The fourth-order valence-corrected chi connectivity index (χ4v) is 0.842. The van der Waals surface area contributed by atoms with Crippen LogP contribution in [0.2, 0.25) is 0 Å². The molecule has 1 aromatic rings. The summed E-state index contributed by atoms with van der Waals surface area (Å²) in [6.07, 6.45) is 0. The van der Waals surface area contributed by atoms with E-state index in [1.807, 2.05) is 0 Å². The first kappa shape index (κ1) is 11.2. The molecule has 0 fully saturated rings. The van der Waals surface area contributed by atoms with Crippen LogP contribution in [0.15, 0.2) is 24.3 Å². The second-order valence-electron chi connectivity index (χ2n) is 2.05. The Bertz CT molecular complexity index is 406. The van der Waals surface area contributed by atoms with Gasteiger partial charge >= 0.3 is 10.4 Å². The average Bonchev–Trinajstić information content (AvgIpc) is 2.17. The minimum atomic E-state index is -4.46. The summed E-state index contributed by atoms with van der Waals surface area (Å²) in [5.74, 6) is -1.18. The second-order valence-corrected chi connectivity index (χ2v) is 3.51. The molecule has 0 spiro atoms. The van der Waals surface area contributed by atoms with Crippen LogP contribution >= 0.6 is 11.9 Å². The lowest BCUT2D eigenvalue weighted by Crippen LogP contribution is -2.08. The number of para-hydroxylation sites is 1. The van der Waals surface area contributed by atoms with E-state index >= 15 is 0 Å². The van der Waals surface area contributed by atoms with Crippen LogP contribution in [0.5, 0.6) is 5.75 Å². The van der Waals surface area contributed by atoms with Crippen LogP contribution in [0.1, 0.15) is 0 Å². The number of benzene rings is 1. The largest absolute Gasteiger partial charge is 0.451 e. The molecular formula is C6H4ClFO5S. The van der Waals surface area contributed by atoms with Crippen LogP contribution in [0, 0.1) is 5.82 Å². The Labute approximate surface area is 84.4 Å². The van der Waals surface area contributed by atoms with Gasteiger partial charge in [0.2, 0.25) is 5.75 Å². The third-order valence-electron chi connectivity index (χ3n) is 1.12. The predicted molar refractivity (Wildman–Crippen MR) is 44.0 cm³/mol. The molecule has 14 heavy (non-hydrogen) atoms. The molecule has 0 N–H and O–H groups in total. The maximum atomic E-state index is 12.8. The van der Waals surface area contributed by atoms with Crippen molar-refractivity contribution >= 4 is 22.3 Å². The van der Waals surface area contributed by atoms with Gasteiger partial charge in [0.15, 0.2) is 5.82 Å². The number of hydrogen-bond donors (Lipinski definition) is 0. The Morgan fingerprint density at radius 2 is 1.93 bits per heavy atom. The summed E-state index contributed by atoms with van der Waals surface area (Å²) in [4.78, 5) is 4.12. The molecule has 0 aliphatic heterocycles. The van der Waals surface area contributed by atoms with Gasteiger partial charge in [0, 0.05) is 0 Å². The van der Waals surface area contributed by atoms with E-state index in [1.54, 1.807) is 0 Å². The molecule has 78 valence electrons. The first-order valence-corrected chi connectivity index (χ1v) is 4.85. The van der Waals surface area contributed by atoms with E-state index in [0.717, 1.165) is 6.07 Å². The molecule has 0 amide bonds. The van der Waals surface area contributed by atoms with Gasteiger partial charge in [0.25, 0.3) is 0 Å². The maximum absolute atomic E-state index is 12.8. The molecule has 0 aromatic heterocycles. The normalized spacial score (nSPS) is 11.3. The Kier molecular flexibility index (Phi) is 3.64. The van der Waals surface area contributed by atoms with Crippen LogP contribution < -0.4 is 4.89 Å². The molecule has 0 saturated carbocycles. The quantitative estimate of drug-likeness (QED) is 0.592. The molecule has 8 heteroatoms. The molecule has 0 heterocycles. The summed E-state index contributed by atoms with van der Waals surface area (Å²) < 4.78 is 40.8. The van der Waals surface area contributed by atoms with Crippen molar-refractivity contribution in [1.29, 1.82) is 0 Å². The third kappa shape index (κ3) is 3.11. The minimum absolute atomic E-state index is 0.398. The Balaban J connectivity index is 2.68. The molecule has 0 saturated heterocycles. The third-order valence-corrected chi connectivity index (χ3v) is 1.97. The maximum Gasteiger partial charge on any atom is 0.451 e. The van der Waals surface area contributed by atoms with E-state index < -0.39 is 22.0 Å². The zero-order valence-electron chi connectivity index (χ0n) is 6.51. The van der Waals surface area contributed by atoms with Gasteiger partial charge in [0.05, 0.1) is 11.9 Å². The Morgan fingerprint density at radius 3 is 2.50 bits per heavy atom. The number of hydrogen-bond acceptors (Lipinski definition) is 5. The molecular weight excluding hydrogens is 239 g/mol. The van der Waals surface area contributed by atoms with Crippen molar-refractivity contribution in [3.63, 3.8) is 0 Å². The molecule has 5 nitrogen and oxygen atoms in total. The second kappa shape index (κ2) is 4.56. The topological polar surface area (TPSA) is 61.8 Å². The van der Waals surface area contributed by atoms with Crippen molar-refractivity contribution in [3.05, 3.63) is 30.1 Å². The fraction of sp³-hybridized carbons (Fsp3) is 0.